The largest absolute Gasteiger partial charge is 0.465 e. The number of likely N-dealkylation sites (tertiary alicyclic amines) is 1. The molecular formula is C50H62F2N8O6. The summed E-state index contributed by atoms with van der Waals surface area (Å²) in [5, 5.41) is 17.9. The van der Waals surface area contributed by atoms with Crippen molar-refractivity contribution in [3.8, 4) is 0 Å². The summed E-state index contributed by atoms with van der Waals surface area (Å²) in [6.45, 7) is 14.7. The monoisotopic (exact) mass is 908 g/mol. The molecule has 6 N–H and O–H groups in total. The number of benzene rings is 3. The molecule has 352 valence electrons. The summed E-state index contributed by atoms with van der Waals surface area (Å²) in [4.78, 5) is 70.1. The second-order valence-corrected chi connectivity index (χ2v) is 20.2. The van der Waals surface area contributed by atoms with Crippen molar-refractivity contribution in [3.05, 3.63) is 94.1 Å². The Labute approximate surface area is 383 Å². The van der Waals surface area contributed by atoms with Crippen LogP contribution in [-0.2, 0) is 25.3 Å². The first-order valence-corrected chi connectivity index (χ1v) is 23.2. The van der Waals surface area contributed by atoms with E-state index in [9.17, 15) is 24.3 Å². The first-order valence-electron chi connectivity index (χ1n) is 23.2. The number of ether oxygens (including phenoxy) is 1. The summed E-state index contributed by atoms with van der Waals surface area (Å²) < 4.78 is 38.4. The van der Waals surface area contributed by atoms with E-state index in [2.05, 4.69) is 71.0 Å². The van der Waals surface area contributed by atoms with Gasteiger partial charge >= 0.3 is 12.2 Å². The maximum Gasteiger partial charge on any atom is 0.407 e. The quantitative estimate of drug-likeness (QED) is 0.0709. The summed E-state index contributed by atoms with van der Waals surface area (Å²) in [5.41, 5.74) is 3.62. The lowest BCUT2D eigenvalue weighted by Crippen LogP contribution is -2.57. The van der Waals surface area contributed by atoms with Crippen LogP contribution in [0.4, 0.5) is 18.4 Å². The minimum Gasteiger partial charge on any atom is -0.465 e. The minimum absolute atomic E-state index is 0.114. The van der Waals surface area contributed by atoms with Crippen molar-refractivity contribution in [3.63, 3.8) is 0 Å². The van der Waals surface area contributed by atoms with E-state index in [4.69, 9.17) is 14.7 Å². The molecule has 2 aromatic heterocycles. The number of nitrogens with one attached hydrogen (secondary N) is 5. The molecule has 4 heterocycles. The van der Waals surface area contributed by atoms with E-state index in [1.807, 2.05) is 13.8 Å². The molecule has 1 aliphatic carbocycles. The predicted molar refractivity (Wildman–Crippen MR) is 246 cm³/mol. The summed E-state index contributed by atoms with van der Waals surface area (Å²) in [6, 6.07) is 12.5. The van der Waals surface area contributed by atoms with E-state index in [0.717, 1.165) is 11.1 Å². The van der Waals surface area contributed by atoms with E-state index < -0.39 is 47.5 Å². The van der Waals surface area contributed by atoms with Crippen LogP contribution in [0.1, 0.15) is 145 Å². The first-order chi connectivity index (χ1) is 31.3. The minimum atomic E-state index is -1.27. The maximum atomic E-state index is 16.8. The number of amides is 3. The van der Waals surface area contributed by atoms with Crippen LogP contribution in [0.2, 0.25) is 0 Å². The van der Waals surface area contributed by atoms with E-state index in [0.29, 0.717) is 96.5 Å². The van der Waals surface area contributed by atoms with Crippen molar-refractivity contribution >= 4 is 45.9 Å². The van der Waals surface area contributed by atoms with Crippen LogP contribution in [0.15, 0.2) is 48.5 Å². The average Bonchev–Trinajstić information content (AvgIpc) is 4.12. The summed E-state index contributed by atoms with van der Waals surface area (Å²) in [7, 11) is 1.25. The normalized spacial score (nSPS) is 23.2. The second kappa shape index (κ2) is 18.1. The van der Waals surface area contributed by atoms with Gasteiger partial charge in [0.05, 0.1) is 41.3 Å². The number of aromatic nitrogens is 4. The molecule has 3 aliphatic rings. The fraction of sp³-hybridized carbons (Fsp3) is 0.520. The highest BCUT2D eigenvalue weighted by atomic mass is 19.1. The Morgan fingerprint density at radius 1 is 0.833 bits per heavy atom. The molecule has 8 rings (SSSR count). The fourth-order valence-electron chi connectivity index (χ4n) is 10.8. The van der Waals surface area contributed by atoms with Gasteiger partial charge in [-0.3, -0.25) is 14.9 Å². The molecule has 5 aromatic rings. The van der Waals surface area contributed by atoms with Gasteiger partial charge in [0.25, 0.3) is 0 Å². The molecule has 1 saturated carbocycles. The van der Waals surface area contributed by atoms with Gasteiger partial charge in [0, 0.05) is 18.7 Å². The van der Waals surface area contributed by atoms with Gasteiger partial charge in [-0.2, -0.15) is 0 Å². The van der Waals surface area contributed by atoms with Gasteiger partial charge in [-0.25, -0.2) is 28.3 Å². The van der Waals surface area contributed by atoms with Gasteiger partial charge in [0.2, 0.25) is 5.91 Å². The number of carbonyl (C=O) groups excluding carboxylic acids is 3. The molecule has 0 spiro atoms. The lowest BCUT2D eigenvalue weighted by atomic mass is 9.76. The Hall–Kier alpha value is -5.90. The smallest absolute Gasteiger partial charge is 0.407 e. The Balaban J connectivity index is 1.16. The van der Waals surface area contributed by atoms with Crippen LogP contribution in [0.3, 0.4) is 0 Å². The number of H-pyrrole nitrogens is 2. The summed E-state index contributed by atoms with van der Waals surface area (Å²) >= 11 is 0. The molecular weight excluding hydrogens is 847 g/mol. The molecule has 0 radical (unpaired) electrons. The zero-order valence-electron chi connectivity index (χ0n) is 39.0. The third-order valence-corrected chi connectivity index (χ3v) is 14.3. The molecule has 3 unspecified atom stereocenters. The van der Waals surface area contributed by atoms with E-state index in [-0.39, 0.29) is 46.7 Å². The molecule has 7 atom stereocenters. The van der Waals surface area contributed by atoms with Crippen molar-refractivity contribution in [1.29, 1.82) is 0 Å². The first kappa shape index (κ1) is 46.6. The number of hydrogen-bond acceptors (Lipinski definition) is 8. The predicted octanol–water partition coefficient (Wildman–Crippen LogP) is 8.94. The van der Waals surface area contributed by atoms with Crippen LogP contribution < -0.4 is 16.0 Å². The molecule has 3 fully saturated rings. The zero-order chi connectivity index (χ0) is 47.4. The molecule has 2 aliphatic heterocycles. The van der Waals surface area contributed by atoms with Crippen molar-refractivity contribution < 1.29 is 37.8 Å². The van der Waals surface area contributed by atoms with E-state index in [1.54, 1.807) is 30.9 Å². The second-order valence-electron chi connectivity index (χ2n) is 20.2. The lowest BCUT2D eigenvalue weighted by molar-refractivity contribution is -0.135. The molecule has 14 nitrogen and oxygen atoms in total. The zero-order valence-corrected chi connectivity index (χ0v) is 39.0. The number of halogens is 2. The van der Waals surface area contributed by atoms with Gasteiger partial charge < -0.3 is 35.3 Å². The number of nitrogens with zero attached hydrogens (tertiary/aromatic N) is 3. The van der Waals surface area contributed by atoms with E-state index in [1.165, 1.54) is 19.2 Å². The van der Waals surface area contributed by atoms with Crippen molar-refractivity contribution in [2.75, 3.05) is 20.2 Å². The van der Waals surface area contributed by atoms with Crippen LogP contribution in [0, 0.1) is 23.5 Å². The SMILES string of the molecule is COC(=O)N[C@H](C(=O)[C@@]1(c2nc3cc(F)c(C4CCC(c5cc6[nH]c([C@@H]7CCCN7C(=O)[C@@H](NC(=O)O)C(C)C)nc6cc5F)C4c4ccc(C(C)(C)C)cc4)cc3[nH]2)CCCN1)C(C)C. The number of fused-ring (bicyclic) bond motifs is 2. The van der Waals surface area contributed by atoms with Gasteiger partial charge in [0.1, 0.15) is 34.9 Å². The number of alkyl carbamates (subject to hydrolysis) is 1. The molecule has 16 heteroatoms. The molecule has 2 saturated heterocycles. The number of ketones is 1. The van der Waals surface area contributed by atoms with Crippen LogP contribution in [0.25, 0.3) is 22.1 Å². The van der Waals surface area contributed by atoms with E-state index >= 15 is 8.78 Å². The van der Waals surface area contributed by atoms with Crippen molar-refractivity contribution in [2.45, 2.75) is 134 Å². The highest BCUT2D eigenvalue weighted by molar-refractivity contribution is 5.96. The number of aromatic amines is 2. The third-order valence-electron chi connectivity index (χ3n) is 14.3. The van der Waals surface area contributed by atoms with Gasteiger partial charge in [0.15, 0.2) is 5.78 Å². The fourth-order valence-corrected chi connectivity index (χ4v) is 10.8. The lowest BCUT2D eigenvalue weighted by Gasteiger charge is -2.32. The number of hydrogen-bond donors (Lipinski definition) is 6. The van der Waals surface area contributed by atoms with Crippen LogP contribution >= 0.6 is 0 Å². The number of methoxy groups -OCH3 is 1. The number of rotatable bonds is 12. The highest BCUT2D eigenvalue weighted by Gasteiger charge is 2.49. The maximum absolute atomic E-state index is 16.8. The summed E-state index contributed by atoms with van der Waals surface area (Å²) in [6.07, 6.45) is 1.58. The molecule has 3 amide bonds. The Bertz CT molecular complexity index is 2650. The van der Waals surface area contributed by atoms with Gasteiger partial charge in [-0.15, -0.1) is 0 Å². The van der Waals surface area contributed by atoms with Crippen LogP contribution in [-0.4, -0.2) is 86.1 Å². The molecule has 0 bridgehead atoms. The number of Topliss-reactive ketones (excluding diaryl/α,β-unsaturated/α-hetero) is 1. The number of imidazole rings is 2. The number of carbonyl (C=O) groups is 4. The number of carboxylic acid groups (broad SMARTS) is 1. The molecule has 66 heavy (non-hydrogen) atoms. The highest BCUT2D eigenvalue weighted by Crippen LogP contribution is 2.55. The van der Waals surface area contributed by atoms with Crippen molar-refractivity contribution in [2.24, 2.45) is 11.8 Å². The third kappa shape index (κ3) is 8.64. The van der Waals surface area contributed by atoms with Gasteiger partial charge in [-0.1, -0.05) is 72.7 Å². The topological polar surface area (TPSA) is 194 Å². The average molecular weight is 909 g/mol. The Morgan fingerprint density at radius 2 is 1.44 bits per heavy atom. The van der Waals surface area contributed by atoms with Crippen molar-refractivity contribution in [1.82, 2.24) is 40.8 Å². The standard InChI is InChI=1S/C50H62F2N8O6/c1-25(2)41(59-48(65)66-8)43(61)50(18-10-19-53-50)46-56-36-22-32(34(52)24-38(36)57-46)30-17-16-29(40(30)27-12-14-28(15-13-27)49(5,6)7)31-21-35-37(23-33(31)51)55-44(54-35)39-11-9-20-60(39)45(62)42(26(3)4)58-47(63)64/h12-15,21-26,29-30,39-42,53,58H,9-11,16-20H2,1-8H3,(H,54,55)(H,56,57)(H,59,65)(H,63,64)/t29?,30?,39-,40?,41-,42-,50+/m0/s1. The molecule has 3 aromatic carbocycles. The Kier molecular flexibility index (Phi) is 12.8. The summed E-state index contributed by atoms with van der Waals surface area (Å²) in [5.74, 6) is -2.18. The Morgan fingerprint density at radius 3 is 1.98 bits per heavy atom. The van der Waals surface area contributed by atoms with Gasteiger partial charge in [-0.05, 0) is 114 Å². The van der Waals surface area contributed by atoms with Crippen LogP contribution in [0.5, 0.6) is 0 Å².